The lowest BCUT2D eigenvalue weighted by atomic mass is 10.3. The fourth-order valence-corrected chi connectivity index (χ4v) is 2.78. The van der Waals surface area contributed by atoms with Gasteiger partial charge < -0.3 is 15.0 Å². The van der Waals surface area contributed by atoms with Gasteiger partial charge in [0.15, 0.2) is 5.75 Å². The van der Waals surface area contributed by atoms with E-state index in [-0.39, 0.29) is 21.5 Å². The first-order valence-corrected chi connectivity index (χ1v) is 7.42. The highest BCUT2D eigenvalue weighted by molar-refractivity contribution is 7.85. The summed E-state index contributed by atoms with van der Waals surface area (Å²) in [6.45, 7) is 0. The van der Waals surface area contributed by atoms with Gasteiger partial charge in [0.2, 0.25) is 0 Å². The quantitative estimate of drug-likeness (QED) is 0.687. The van der Waals surface area contributed by atoms with Crippen molar-refractivity contribution < 1.29 is 17.7 Å². The molecule has 0 aliphatic heterocycles. The summed E-state index contributed by atoms with van der Waals surface area (Å²) < 4.78 is 39.0. The first kappa shape index (κ1) is 14.9. The van der Waals surface area contributed by atoms with Crippen molar-refractivity contribution >= 4 is 39.0 Å². The Morgan fingerprint density at radius 1 is 1.10 bits per heavy atom. The molecule has 5 nitrogen and oxygen atoms in total. The highest BCUT2D eigenvalue weighted by Gasteiger charge is 2.16. The molecule has 0 aliphatic carbocycles. The lowest BCUT2D eigenvalue weighted by Gasteiger charge is -2.15. The van der Waals surface area contributed by atoms with Crippen LogP contribution in [-0.4, -0.2) is 13.0 Å². The summed E-state index contributed by atoms with van der Waals surface area (Å²) in [5.74, 6) is 0.0177. The molecule has 0 saturated heterocycles. The smallest absolute Gasteiger partial charge is 0.163 e. The summed E-state index contributed by atoms with van der Waals surface area (Å²) in [7, 11) is -4.78. The maximum atomic E-state index is 11.2. The molecule has 0 aromatic heterocycles. The second kappa shape index (κ2) is 5.49. The number of benzene rings is 2. The normalized spacial score (nSPS) is 11.3. The van der Waals surface area contributed by atoms with Crippen molar-refractivity contribution in [1.29, 1.82) is 0 Å². The molecule has 0 fully saturated rings. The van der Waals surface area contributed by atoms with Crippen LogP contribution in [0.1, 0.15) is 0 Å². The molecule has 2 aromatic rings. The van der Waals surface area contributed by atoms with Gasteiger partial charge in [0.25, 0.3) is 0 Å². The van der Waals surface area contributed by atoms with Gasteiger partial charge >= 0.3 is 0 Å². The first-order chi connectivity index (χ1) is 9.27. The zero-order valence-corrected chi connectivity index (χ0v) is 12.2. The standard InChI is InChI=1S/C12H9Cl2NO4S/c13-7-5-10(14)12(11(6-7)20(16,17)18)19-9-3-1-8(15)2-4-9/h1-6H,15H2,(H,16,17,18)/p-1. The van der Waals surface area contributed by atoms with Crippen molar-refractivity contribution in [1.82, 2.24) is 0 Å². The van der Waals surface area contributed by atoms with Crippen LogP contribution in [0.4, 0.5) is 5.69 Å². The van der Waals surface area contributed by atoms with Crippen LogP contribution in [0.2, 0.25) is 10.0 Å². The lowest BCUT2D eigenvalue weighted by molar-refractivity contribution is 0.441. The number of hydrogen-bond acceptors (Lipinski definition) is 5. The number of halogens is 2. The van der Waals surface area contributed by atoms with Gasteiger partial charge in [-0.15, -0.1) is 0 Å². The van der Waals surface area contributed by atoms with E-state index in [9.17, 15) is 13.0 Å². The van der Waals surface area contributed by atoms with E-state index in [2.05, 4.69) is 0 Å². The van der Waals surface area contributed by atoms with Crippen molar-refractivity contribution in [3.05, 3.63) is 46.4 Å². The Kier molecular flexibility index (Phi) is 4.10. The van der Waals surface area contributed by atoms with Crippen LogP contribution in [-0.2, 0) is 10.1 Å². The van der Waals surface area contributed by atoms with Crippen LogP contribution in [0.5, 0.6) is 11.5 Å². The lowest BCUT2D eigenvalue weighted by Crippen LogP contribution is -2.02. The Morgan fingerprint density at radius 3 is 2.25 bits per heavy atom. The Hall–Kier alpha value is -1.47. The molecule has 2 aromatic carbocycles. The molecule has 0 atom stereocenters. The van der Waals surface area contributed by atoms with Crippen LogP contribution in [0.3, 0.4) is 0 Å². The predicted octanol–water partition coefficient (Wildman–Crippen LogP) is 3.27. The van der Waals surface area contributed by atoms with Crippen LogP contribution in [0, 0.1) is 0 Å². The van der Waals surface area contributed by atoms with E-state index in [0.29, 0.717) is 5.69 Å². The molecular formula is C12H8Cl2NO4S-. The van der Waals surface area contributed by atoms with E-state index in [1.54, 1.807) is 12.1 Å². The average molecular weight is 333 g/mol. The molecule has 0 saturated carbocycles. The fourth-order valence-electron chi connectivity index (χ4n) is 1.48. The topological polar surface area (TPSA) is 92.5 Å². The summed E-state index contributed by atoms with van der Waals surface area (Å²) in [5.41, 5.74) is 6.03. The number of nitrogens with two attached hydrogens (primary N) is 1. The Labute approximate surface area is 125 Å². The maximum absolute atomic E-state index is 11.2. The SMILES string of the molecule is Nc1ccc(Oc2c(Cl)cc(Cl)cc2S(=O)(=O)[O-])cc1. The first-order valence-electron chi connectivity index (χ1n) is 5.26. The number of anilines is 1. The van der Waals surface area contributed by atoms with Crippen molar-refractivity contribution in [3.8, 4) is 11.5 Å². The van der Waals surface area contributed by atoms with Crippen molar-refractivity contribution in [3.63, 3.8) is 0 Å². The second-order valence-electron chi connectivity index (χ2n) is 3.84. The van der Waals surface area contributed by atoms with Gasteiger partial charge in [0, 0.05) is 10.7 Å². The van der Waals surface area contributed by atoms with Crippen LogP contribution in [0.15, 0.2) is 41.3 Å². The van der Waals surface area contributed by atoms with Gasteiger partial charge in [-0.05, 0) is 36.4 Å². The fraction of sp³-hybridized carbons (Fsp3) is 0. The van der Waals surface area contributed by atoms with Gasteiger partial charge in [0.1, 0.15) is 15.9 Å². The van der Waals surface area contributed by atoms with Crippen molar-refractivity contribution in [2.45, 2.75) is 4.90 Å². The summed E-state index contributed by atoms with van der Waals surface area (Å²) in [6.07, 6.45) is 0. The van der Waals surface area contributed by atoms with Gasteiger partial charge in [-0.1, -0.05) is 23.2 Å². The third-order valence-corrected chi connectivity index (χ3v) is 3.68. The zero-order valence-electron chi connectivity index (χ0n) is 9.84. The molecule has 0 bridgehead atoms. The highest BCUT2D eigenvalue weighted by atomic mass is 35.5. The number of rotatable bonds is 3. The Balaban J connectivity index is 2.53. The molecule has 2 N–H and O–H groups in total. The maximum Gasteiger partial charge on any atom is 0.163 e. The number of nitrogen functional groups attached to an aromatic ring is 1. The van der Waals surface area contributed by atoms with E-state index < -0.39 is 15.0 Å². The molecule has 0 spiro atoms. The molecular weight excluding hydrogens is 325 g/mol. The molecule has 0 unspecified atom stereocenters. The summed E-state index contributed by atoms with van der Waals surface area (Å²) in [5, 5.41) is -0.0576. The van der Waals surface area contributed by atoms with Gasteiger partial charge in [-0.25, -0.2) is 8.42 Å². The monoisotopic (exact) mass is 332 g/mol. The number of ether oxygens (including phenoxy) is 1. The average Bonchev–Trinajstić information content (AvgIpc) is 2.33. The van der Waals surface area contributed by atoms with Crippen LogP contribution in [0.25, 0.3) is 0 Å². The molecule has 0 radical (unpaired) electrons. The zero-order chi connectivity index (χ0) is 14.9. The number of hydrogen-bond donors (Lipinski definition) is 1. The molecule has 20 heavy (non-hydrogen) atoms. The van der Waals surface area contributed by atoms with E-state index in [0.717, 1.165) is 6.07 Å². The molecule has 0 amide bonds. The third-order valence-electron chi connectivity index (χ3n) is 2.34. The summed E-state index contributed by atoms with van der Waals surface area (Å²) in [4.78, 5) is -0.619. The summed E-state index contributed by atoms with van der Waals surface area (Å²) in [6, 6.07) is 8.42. The highest BCUT2D eigenvalue weighted by Crippen LogP contribution is 2.38. The third kappa shape index (κ3) is 3.34. The Bertz CT molecular complexity index is 745. The van der Waals surface area contributed by atoms with Gasteiger partial charge in [-0.2, -0.15) is 0 Å². The van der Waals surface area contributed by atoms with E-state index in [1.807, 2.05) is 0 Å². The Morgan fingerprint density at radius 2 is 1.70 bits per heavy atom. The van der Waals surface area contributed by atoms with E-state index in [1.165, 1.54) is 18.2 Å². The minimum atomic E-state index is -4.78. The summed E-state index contributed by atoms with van der Waals surface area (Å²) >= 11 is 11.6. The van der Waals surface area contributed by atoms with E-state index >= 15 is 0 Å². The molecule has 0 heterocycles. The molecule has 8 heteroatoms. The van der Waals surface area contributed by atoms with Crippen molar-refractivity contribution in [2.24, 2.45) is 0 Å². The predicted molar refractivity (Wildman–Crippen MR) is 75.4 cm³/mol. The minimum Gasteiger partial charge on any atom is -0.744 e. The van der Waals surface area contributed by atoms with Crippen LogP contribution >= 0.6 is 23.2 Å². The van der Waals surface area contributed by atoms with Gasteiger partial charge in [-0.3, -0.25) is 0 Å². The minimum absolute atomic E-state index is 0.0223. The van der Waals surface area contributed by atoms with E-state index in [4.69, 9.17) is 33.7 Å². The largest absolute Gasteiger partial charge is 0.744 e. The van der Waals surface area contributed by atoms with Crippen molar-refractivity contribution in [2.75, 3.05) is 5.73 Å². The molecule has 0 aliphatic rings. The van der Waals surface area contributed by atoms with Gasteiger partial charge in [0.05, 0.1) is 9.92 Å². The second-order valence-corrected chi connectivity index (χ2v) is 6.03. The molecule has 2 rings (SSSR count). The van der Waals surface area contributed by atoms with Crippen LogP contribution < -0.4 is 10.5 Å². The molecule has 106 valence electrons.